The fourth-order valence-corrected chi connectivity index (χ4v) is 5.40. The number of nitrogens with zero attached hydrogens (tertiary/aromatic N) is 4. The summed E-state index contributed by atoms with van der Waals surface area (Å²) >= 11 is 0. The minimum absolute atomic E-state index is 0.0453. The van der Waals surface area contributed by atoms with Gasteiger partial charge in [0, 0.05) is 24.7 Å². The highest BCUT2D eigenvalue weighted by molar-refractivity contribution is 5.95. The number of pyridine rings is 1. The smallest absolute Gasteiger partial charge is 0.322 e. The van der Waals surface area contributed by atoms with Crippen molar-refractivity contribution < 1.29 is 9.18 Å². The summed E-state index contributed by atoms with van der Waals surface area (Å²) in [6.07, 6.45) is 6.20. The summed E-state index contributed by atoms with van der Waals surface area (Å²) in [5.74, 6) is 0.268. The molecule has 1 spiro atoms. The summed E-state index contributed by atoms with van der Waals surface area (Å²) in [5, 5.41) is 3.20. The van der Waals surface area contributed by atoms with Gasteiger partial charge in [0.1, 0.15) is 5.82 Å². The first kappa shape index (κ1) is 20.2. The number of carbonyl (C=O) groups is 1. The first-order valence-corrected chi connectivity index (χ1v) is 11.2. The van der Waals surface area contributed by atoms with E-state index < -0.39 is 0 Å². The number of nitrogens with one attached hydrogen (secondary N) is 1. The molecular formula is C24H30FN5O. The van der Waals surface area contributed by atoms with E-state index in [0.29, 0.717) is 12.4 Å². The Morgan fingerprint density at radius 2 is 1.81 bits per heavy atom. The molecule has 3 fully saturated rings. The van der Waals surface area contributed by atoms with Crippen LogP contribution in [0.15, 0.2) is 42.6 Å². The van der Waals surface area contributed by atoms with E-state index in [1.54, 1.807) is 0 Å². The third kappa shape index (κ3) is 3.35. The quantitative estimate of drug-likeness (QED) is 0.814. The van der Waals surface area contributed by atoms with Gasteiger partial charge in [0.05, 0.1) is 24.0 Å². The van der Waals surface area contributed by atoms with E-state index in [1.807, 2.05) is 11.0 Å². The summed E-state index contributed by atoms with van der Waals surface area (Å²) in [6.45, 7) is 2.30. The van der Waals surface area contributed by atoms with Crippen molar-refractivity contribution in [1.29, 1.82) is 0 Å². The van der Waals surface area contributed by atoms with Crippen molar-refractivity contribution in [3.05, 3.63) is 54.0 Å². The molecule has 164 valence electrons. The zero-order valence-electron chi connectivity index (χ0n) is 18.3. The molecule has 2 amide bonds. The van der Waals surface area contributed by atoms with E-state index >= 15 is 0 Å². The predicted octanol–water partition coefficient (Wildman–Crippen LogP) is 3.73. The fraction of sp³-hybridized carbons (Fsp3) is 0.500. The van der Waals surface area contributed by atoms with Crippen molar-refractivity contribution in [3.8, 4) is 0 Å². The molecule has 1 N–H and O–H groups in total. The zero-order chi connectivity index (χ0) is 21.6. The highest BCUT2D eigenvalue weighted by Gasteiger charge is 2.50. The van der Waals surface area contributed by atoms with Crippen molar-refractivity contribution in [2.24, 2.45) is 0 Å². The van der Waals surface area contributed by atoms with Crippen LogP contribution in [0.4, 0.5) is 20.7 Å². The van der Waals surface area contributed by atoms with Crippen LogP contribution >= 0.6 is 0 Å². The summed E-state index contributed by atoms with van der Waals surface area (Å²) in [6, 6.07) is 11.8. The van der Waals surface area contributed by atoms with Crippen molar-refractivity contribution in [2.75, 3.05) is 43.5 Å². The minimum Gasteiger partial charge on any atom is -0.356 e. The molecule has 1 aromatic heterocycles. The van der Waals surface area contributed by atoms with E-state index in [0.717, 1.165) is 45.2 Å². The lowest BCUT2D eigenvalue weighted by Gasteiger charge is -2.48. The number of anilines is 2. The Labute approximate surface area is 183 Å². The number of halogens is 1. The molecule has 3 aliphatic rings. The molecule has 2 aliphatic heterocycles. The van der Waals surface area contributed by atoms with Crippen LogP contribution in [0.25, 0.3) is 0 Å². The van der Waals surface area contributed by atoms with Gasteiger partial charge in [0.2, 0.25) is 0 Å². The SMILES string of the molecule is CN(C)[C@]1(c2ccccc2)CC[C@@]2(CC1)CN(c1cnc(N3CCC3)cc1F)C(=O)N2. The van der Waals surface area contributed by atoms with Gasteiger partial charge in [0.25, 0.3) is 0 Å². The Kier molecular flexibility index (Phi) is 4.88. The van der Waals surface area contributed by atoms with E-state index in [-0.39, 0.29) is 28.6 Å². The van der Waals surface area contributed by atoms with Crippen molar-refractivity contribution in [1.82, 2.24) is 15.2 Å². The molecule has 0 bridgehead atoms. The molecule has 5 rings (SSSR count). The lowest BCUT2D eigenvalue weighted by atomic mass is 9.69. The number of amides is 2. The predicted molar refractivity (Wildman–Crippen MR) is 120 cm³/mol. The van der Waals surface area contributed by atoms with Gasteiger partial charge in [-0.2, -0.15) is 0 Å². The van der Waals surface area contributed by atoms with Crippen LogP contribution in [0, 0.1) is 5.82 Å². The average Bonchev–Trinajstić information content (AvgIpc) is 3.04. The van der Waals surface area contributed by atoms with E-state index in [1.165, 1.54) is 22.7 Å². The van der Waals surface area contributed by atoms with Crippen LogP contribution in [0.5, 0.6) is 0 Å². The Balaban J connectivity index is 1.35. The first-order chi connectivity index (χ1) is 14.9. The maximum atomic E-state index is 14.9. The van der Waals surface area contributed by atoms with Crippen LogP contribution in [0.2, 0.25) is 0 Å². The van der Waals surface area contributed by atoms with E-state index in [2.05, 4.69) is 53.6 Å². The topological polar surface area (TPSA) is 51.7 Å². The lowest BCUT2D eigenvalue weighted by Crippen LogP contribution is -2.54. The Morgan fingerprint density at radius 3 is 2.39 bits per heavy atom. The standard InChI is InChI=1S/C24H30FN5O/c1-28(2)24(18-7-4-3-5-8-18)11-9-23(10-12-24)17-30(22(31)27-23)20-16-26-21(15-19(20)25)29-13-6-14-29/h3-5,7-8,15-16H,6,9-14,17H2,1-2H3,(H,27,31)/t23-,24-. The van der Waals surface area contributed by atoms with Crippen LogP contribution in [-0.2, 0) is 5.54 Å². The van der Waals surface area contributed by atoms with Crippen molar-refractivity contribution in [3.63, 3.8) is 0 Å². The molecule has 0 radical (unpaired) electrons. The second-order valence-electron chi connectivity index (χ2n) is 9.42. The number of carbonyl (C=O) groups excluding carboxylic acids is 1. The highest BCUT2D eigenvalue weighted by Crippen LogP contribution is 2.46. The number of hydrogen-bond donors (Lipinski definition) is 1. The number of benzene rings is 1. The number of rotatable bonds is 4. The molecule has 2 aromatic rings. The molecule has 31 heavy (non-hydrogen) atoms. The monoisotopic (exact) mass is 423 g/mol. The summed E-state index contributed by atoms with van der Waals surface area (Å²) in [7, 11) is 4.26. The van der Waals surface area contributed by atoms with Crippen LogP contribution in [0.1, 0.15) is 37.7 Å². The summed E-state index contributed by atoms with van der Waals surface area (Å²) in [5.41, 5.74) is 1.21. The number of aromatic nitrogens is 1. The minimum atomic E-state index is -0.383. The maximum absolute atomic E-state index is 14.9. The van der Waals surface area contributed by atoms with Gasteiger partial charge in [-0.15, -0.1) is 0 Å². The van der Waals surface area contributed by atoms with Gasteiger partial charge in [-0.05, 0) is 51.8 Å². The van der Waals surface area contributed by atoms with Gasteiger partial charge >= 0.3 is 6.03 Å². The third-order valence-electron chi connectivity index (χ3n) is 7.57. The molecule has 0 unspecified atom stereocenters. The van der Waals surface area contributed by atoms with Gasteiger partial charge in [-0.25, -0.2) is 14.2 Å². The van der Waals surface area contributed by atoms with Gasteiger partial charge in [0.15, 0.2) is 5.82 Å². The van der Waals surface area contributed by atoms with Gasteiger partial charge in [-0.3, -0.25) is 9.80 Å². The number of urea groups is 1. The third-order valence-corrected chi connectivity index (χ3v) is 7.57. The molecule has 6 nitrogen and oxygen atoms in total. The van der Waals surface area contributed by atoms with Gasteiger partial charge in [-0.1, -0.05) is 30.3 Å². The first-order valence-electron chi connectivity index (χ1n) is 11.2. The Hall–Kier alpha value is -2.67. The normalized spacial score (nSPS) is 28.2. The summed E-state index contributed by atoms with van der Waals surface area (Å²) < 4.78 is 14.9. The second kappa shape index (κ2) is 7.48. The summed E-state index contributed by atoms with van der Waals surface area (Å²) in [4.78, 5) is 23.2. The fourth-order valence-electron chi connectivity index (χ4n) is 5.40. The average molecular weight is 424 g/mol. The molecule has 3 heterocycles. The van der Waals surface area contributed by atoms with Gasteiger partial charge < -0.3 is 10.2 Å². The van der Waals surface area contributed by atoms with Crippen LogP contribution < -0.4 is 15.1 Å². The molecule has 2 saturated heterocycles. The maximum Gasteiger partial charge on any atom is 0.322 e. The lowest BCUT2D eigenvalue weighted by molar-refractivity contribution is 0.0657. The second-order valence-corrected chi connectivity index (χ2v) is 9.42. The number of hydrogen-bond acceptors (Lipinski definition) is 4. The molecule has 0 atom stereocenters. The van der Waals surface area contributed by atoms with Crippen LogP contribution in [0.3, 0.4) is 0 Å². The van der Waals surface area contributed by atoms with Crippen molar-refractivity contribution >= 4 is 17.5 Å². The van der Waals surface area contributed by atoms with E-state index in [4.69, 9.17) is 0 Å². The highest BCUT2D eigenvalue weighted by atomic mass is 19.1. The Bertz CT molecular complexity index is 967. The largest absolute Gasteiger partial charge is 0.356 e. The Morgan fingerprint density at radius 1 is 1.10 bits per heavy atom. The molecular weight excluding hydrogens is 393 g/mol. The molecule has 1 aromatic carbocycles. The van der Waals surface area contributed by atoms with Crippen LogP contribution in [-0.4, -0.2) is 55.2 Å². The molecule has 1 saturated carbocycles. The van der Waals surface area contributed by atoms with E-state index in [9.17, 15) is 9.18 Å². The molecule has 1 aliphatic carbocycles. The zero-order valence-corrected chi connectivity index (χ0v) is 18.3. The van der Waals surface area contributed by atoms with Crippen molar-refractivity contribution in [2.45, 2.75) is 43.2 Å². The molecule has 7 heteroatoms.